The molecule has 4 rings (SSSR count). The minimum absolute atomic E-state index is 0.0688. The summed E-state index contributed by atoms with van der Waals surface area (Å²) in [6.07, 6.45) is 3.17. The van der Waals surface area contributed by atoms with E-state index in [4.69, 9.17) is 9.15 Å². The van der Waals surface area contributed by atoms with Crippen molar-refractivity contribution in [3.63, 3.8) is 0 Å². The van der Waals surface area contributed by atoms with Crippen molar-refractivity contribution < 1.29 is 18.7 Å². The summed E-state index contributed by atoms with van der Waals surface area (Å²) in [7, 11) is 1.54. The maximum absolute atomic E-state index is 12.7. The van der Waals surface area contributed by atoms with E-state index in [9.17, 15) is 9.59 Å². The normalized spacial score (nSPS) is 16.4. The number of hydrogen-bond donors (Lipinski definition) is 1. The predicted octanol–water partition coefficient (Wildman–Crippen LogP) is 1.25. The Morgan fingerprint density at radius 3 is 3.00 bits per heavy atom. The number of amides is 2. The number of aromatic nitrogens is 4. The van der Waals surface area contributed by atoms with Crippen LogP contribution in [0.15, 0.2) is 47.3 Å². The van der Waals surface area contributed by atoms with Crippen LogP contribution in [0.2, 0.25) is 0 Å². The van der Waals surface area contributed by atoms with Gasteiger partial charge in [-0.2, -0.15) is 4.68 Å². The molecule has 0 bridgehead atoms. The van der Waals surface area contributed by atoms with E-state index in [1.807, 2.05) is 0 Å². The summed E-state index contributed by atoms with van der Waals surface area (Å²) in [5, 5.41) is 13.9. The average Bonchev–Trinajstić information content (AvgIpc) is 3.45. The molecule has 3 aromatic rings. The third-order valence-electron chi connectivity index (χ3n) is 4.55. The van der Waals surface area contributed by atoms with E-state index in [1.165, 1.54) is 11.0 Å². The number of anilines is 1. The number of nitrogens with one attached hydrogen (secondary N) is 1. The molecular formula is C18H18N6O4. The molecule has 1 aliphatic rings. The van der Waals surface area contributed by atoms with Crippen LogP contribution < -0.4 is 10.1 Å². The highest BCUT2D eigenvalue weighted by Crippen LogP contribution is 2.27. The summed E-state index contributed by atoms with van der Waals surface area (Å²) in [5.74, 6) is 0.534. The quantitative estimate of drug-likeness (QED) is 0.682. The lowest BCUT2D eigenvalue weighted by Crippen LogP contribution is -2.27. The highest BCUT2D eigenvalue weighted by atomic mass is 16.5. The summed E-state index contributed by atoms with van der Waals surface area (Å²) in [6.45, 7) is 0.711. The van der Waals surface area contributed by atoms with Crippen LogP contribution in [0.25, 0.3) is 5.69 Å². The fourth-order valence-corrected chi connectivity index (χ4v) is 3.15. The molecule has 0 unspecified atom stereocenters. The number of rotatable bonds is 6. The molecule has 1 fully saturated rings. The summed E-state index contributed by atoms with van der Waals surface area (Å²) in [5.41, 5.74) is 1.15. The summed E-state index contributed by atoms with van der Waals surface area (Å²) >= 11 is 0. The molecule has 0 saturated carbocycles. The molecule has 10 heteroatoms. The Hall–Kier alpha value is -3.69. The van der Waals surface area contributed by atoms with Crippen LogP contribution in [0.4, 0.5) is 5.69 Å². The minimum Gasteiger partial charge on any atom is -0.494 e. The molecule has 1 atom stereocenters. The molecule has 2 aromatic heterocycles. The largest absolute Gasteiger partial charge is 0.494 e. The highest BCUT2D eigenvalue weighted by Gasteiger charge is 2.34. The van der Waals surface area contributed by atoms with Gasteiger partial charge in [-0.25, -0.2) is 0 Å². The Labute approximate surface area is 160 Å². The van der Waals surface area contributed by atoms with Gasteiger partial charge in [-0.15, -0.1) is 5.10 Å². The van der Waals surface area contributed by atoms with Gasteiger partial charge in [0.2, 0.25) is 11.8 Å². The lowest BCUT2D eigenvalue weighted by Gasteiger charge is -2.15. The van der Waals surface area contributed by atoms with E-state index in [2.05, 4.69) is 20.8 Å². The number of tetrazole rings is 1. The van der Waals surface area contributed by atoms with Gasteiger partial charge in [-0.1, -0.05) is 0 Å². The first kappa shape index (κ1) is 17.7. The summed E-state index contributed by atoms with van der Waals surface area (Å²) in [6, 6.07) is 8.73. The van der Waals surface area contributed by atoms with E-state index >= 15 is 0 Å². The molecule has 0 spiro atoms. The van der Waals surface area contributed by atoms with Gasteiger partial charge in [0.1, 0.15) is 23.5 Å². The van der Waals surface area contributed by atoms with Crippen molar-refractivity contribution in [1.29, 1.82) is 0 Å². The average molecular weight is 382 g/mol. The van der Waals surface area contributed by atoms with E-state index < -0.39 is 5.92 Å². The first-order valence-electron chi connectivity index (χ1n) is 8.66. The zero-order valence-electron chi connectivity index (χ0n) is 15.1. The minimum atomic E-state index is -0.430. The molecule has 144 valence electrons. The van der Waals surface area contributed by atoms with Gasteiger partial charge in [-0.3, -0.25) is 9.59 Å². The van der Waals surface area contributed by atoms with Crippen LogP contribution in [0, 0.1) is 5.92 Å². The number of ether oxygens (including phenoxy) is 1. The van der Waals surface area contributed by atoms with Crippen molar-refractivity contribution in [2.24, 2.45) is 5.92 Å². The maximum Gasteiger partial charge on any atom is 0.229 e. The zero-order valence-corrected chi connectivity index (χ0v) is 15.1. The fourth-order valence-electron chi connectivity index (χ4n) is 3.15. The number of furan rings is 1. The Balaban J connectivity index is 1.45. The van der Waals surface area contributed by atoms with Crippen LogP contribution in [0.1, 0.15) is 12.2 Å². The van der Waals surface area contributed by atoms with Crippen molar-refractivity contribution in [2.75, 3.05) is 19.0 Å². The van der Waals surface area contributed by atoms with Crippen molar-refractivity contribution in [3.05, 3.63) is 48.7 Å². The summed E-state index contributed by atoms with van der Waals surface area (Å²) in [4.78, 5) is 26.5. The van der Waals surface area contributed by atoms with Gasteiger partial charge >= 0.3 is 0 Å². The van der Waals surface area contributed by atoms with E-state index in [-0.39, 0.29) is 18.2 Å². The van der Waals surface area contributed by atoms with Gasteiger partial charge < -0.3 is 19.4 Å². The monoisotopic (exact) mass is 382 g/mol. The second-order valence-corrected chi connectivity index (χ2v) is 6.38. The molecule has 1 N–H and O–H groups in total. The molecule has 28 heavy (non-hydrogen) atoms. The fraction of sp³-hybridized carbons (Fsp3) is 0.278. The first-order chi connectivity index (χ1) is 13.6. The van der Waals surface area contributed by atoms with Gasteiger partial charge in [0.15, 0.2) is 0 Å². The second kappa shape index (κ2) is 7.51. The number of benzene rings is 1. The Morgan fingerprint density at radius 2 is 2.29 bits per heavy atom. The van der Waals surface area contributed by atoms with E-state index in [0.29, 0.717) is 36.0 Å². The molecule has 1 saturated heterocycles. The number of carbonyl (C=O) groups is 2. The SMILES string of the molecule is COc1ccc(NC(=O)[C@H]2CC(=O)N(Cc3ccco3)C2)cc1-n1cnnn1. The highest BCUT2D eigenvalue weighted by molar-refractivity contribution is 5.97. The molecule has 10 nitrogen and oxygen atoms in total. The lowest BCUT2D eigenvalue weighted by atomic mass is 10.1. The molecule has 1 aliphatic heterocycles. The number of likely N-dealkylation sites (tertiary alicyclic amines) is 1. The molecule has 0 aliphatic carbocycles. The van der Waals surface area contributed by atoms with Crippen molar-refractivity contribution in [1.82, 2.24) is 25.1 Å². The van der Waals surface area contributed by atoms with Gasteiger partial charge in [0.25, 0.3) is 0 Å². The van der Waals surface area contributed by atoms with Crippen LogP contribution in [-0.2, 0) is 16.1 Å². The molecule has 3 heterocycles. The van der Waals surface area contributed by atoms with Gasteiger partial charge in [-0.05, 0) is 40.8 Å². The zero-order chi connectivity index (χ0) is 19.5. The van der Waals surface area contributed by atoms with Crippen molar-refractivity contribution >= 4 is 17.5 Å². The third-order valence-corrected chi connectivity index (χ3v) is 4.55. The maximum atomic E-state index is 12.7. The Kier molecular flexibility index (Phi) is 4.75. The number of carbonyl (C=O) groups excluding carboxylic acids is 2. The van der Waals surface area contributed by atoms with Gasteiger partial charge in [0, 0.05) is 18.7 Å². The molecular weight excluding hydrogens is 364 g/mol. The van der Waals surface area contributed by atoms with Crippen molar-refractivity contribution in [3.8, 4) is 11.4 Å². The second-order valence-electron chi connectivity index (χ2n) is 6.38. The lowest BCUT2D eigenvalue weighted by molar-refractivity contribution is -0.128. The smallest absolute Gasteiger partial charge is 0.229 e. The van der Waals surface area contributed by atoms with Crippen LogP contribution in [-0.4, -0.2) is 50.6 Å². The van der Waals surface area contributed by atoms with Crippen LogP contribution >= 0.6 is 0 Å². The third kappa shape index (κ3) is 3.56. The number of hydrogen-bond acceptors (Lipinski definition) is 7. The number of nitrogens with zero attached hydrogens (tertiary/aromatic N) is 5. The summed E-state index contributed by atoms with van der Waals surface area (Å²) < 4.78 is 12.0. The number of methoxy groups -OCH3 is 1. The topological polar surface area (TPSA) is 115 Å². The standard InChI is InChI=1S/C18H18N6O4/c1-27-16-5-4-13(8-15(16)24-11-19-21-22-24)20-18(26)12-7-17(25)23(9-12)10-14-3-2-6-28-14/h2-6,8,11-12H,7,9-10H2,1H3,(H,20,26)/t12-/m0/s1. The molecule has 1 aromatic carbocycles. The predicted molar refractivity (Wildman–Crippen MR) is 96.6 cm³/mol. The Bertz CT molecular complexity index is 970. The van der Waals surface area contributed by atoms with Crippen LogP contribution in [0.3, 0.4) is 0 Å². The Morgan fingerprint density at radius 1 is 1.39 bits per heavy atom. The molecule has 0 radical (unpaired) electrons. The van der Waals surface area contributed by atoms with Crippen LogP contribution in [0.5, 0.6) is 5.75 Å². The van der Waals surface area contributed by atoms with Crippen molar-refractivity contribution in [2.45, 2.75) is 13.0 Å². The van der Waals surface area contributed by atoms with Gasteiger partial charge in [0.05, 0.1) is 25.8 Å². The molecule has 2 amide bonds. The first-order valence-corrected chi connectivity index (χ1v) is 8.66. The van der Waals surface area contributed by atoms with E-state index in [1.54, 1.807) is 48.6 Å². The van der Waals surface area contributed by atoms with E-state index in [0.717, 1.165) is 0 Å².